The SMILES string of the molecule is CC[C@H](C)c1ccc2oc(-c3ccc(NC(=O)COc4ccc(Cl)cc4Cl)cc3)nc2c1. The first-order chi connectivity index (χ1) is 15.4. The Hall–Kier alpha value is -3.02. The number of fused-ring (bicyclic) bond motifs is 1. The van der Waals surface area contributed by atoms with Crippen LogP contribution in [0.15, 0.2) is 65.1 Å². The maximum Gasteiger partial charge on any atom is 0.262 e. The van der Waals surface area contributed by atoms with Crippen LogP contribution in [-0.4, -0.2) is 17.5 Å². The van der Waals surface area contributed by atoms with Crippen molar-refractivity contribution in [2.45, 2.75) is 26.2 Å². The third-order valence-corrected chi connectivity index (χ3v) is 5.79. The quantitative estimate of drug-likeness (QED) is 0.308. The summed E-state index contributed by atoms with van der Waals surface area (Å²) in [5.41, 5.74) is 4.31. The average Bonchev–Trinajstić information content (AvgIpc) is 3.22. The molecule has 0 unspecified atom stereocenters. The molecule has 1 N–H and O–H groups in total. The van der Waals surface area contributed by atoms with Crippen LogP contribution in [0.4, 0.5) is 5.69 Å². The Kier molecular flexibility index (Phi) is 6.68. The summed E-state index contributed by atoms with van der Waals surface area (Å²) >= 11 is 11.9. The largest absolute Gasteiger partial charge is 0.482 e. The lowest BCUT2D eigenvalue weighted by Gasteiger charge is -2.09. The van der Waals surface area contributed by atoms with E-state index in [0.29, 0.717) is 33.3 Å². The summed E-state index contributed by atoms with van der Waals surface area (Å²) in [5, 5.41) is 3.64. The normalized spacial score (nSPS) is 12.0. The highest BCUT2D eigenvalue weighted by atomic mass is 35.5. The minimum atomic E-state index is -0.303. The first kappa shape index (κ1) is 22.2. The number of nitrogens with one attached hydrogen (secondary N) is 1. The first-order valence-electron chi connectivity index (χ1n) is 10.3. The van der Waals surface area contributed by atoms with E-state index in [0.717, 1.165) is 23.1 Å². The molecule has 0 saturated carbocycles. The summed E-state index contributed by atoms with van der Waals surface area (Å²) in [7, 11) is 0. The van der Waals surface area contributed by atoms with Gasteiger partial charge < -0.3 is 14.5 Å². The Bertz CT molecular complexity index is 1250. The minimum absolute atomic E-state index is 0.174. The van der Waals surface area contributed by atoms with Crippen molar-refractivity contribution in [3.05, 3.63) is 76.3 Å². The van der Waals surface area contributed by atoms with Crippen LogP contribution in [0.5, 0.6) is 5.75 Å². The smallest absolute Gasteiger partial charge is 0.262 e. The zero-order chi connectivity index (χ0) is 22.7. The molecule has 7 heteroatoms. The summed E-state index contributed by atoms with van der Waals surface area (Å²) in [5.74, 6) is 1.11. The first-order valence-corrected chi connectivity index (χ1v) is 11.1. The van der Waals surface area contributed by atoms with Gasteiger partial charge in [-0.3, -0.25) is 4.79 Å². The van der Waals surface area contributed by atoms with Gasteiger partial charge in [0, 0.05) is 16.3 Å². The fourth-order valence-electron chi connectivity index (χ4n) is 3.24. The number of rotatable bonds is 7. The highest BCUT2D eigenvalue weighted by Gasteiger charge is 2.12. The fraction of sp³-hybridized carbons (Fsp3) is 0.200. The molecule has 0 saturated heterocycles. The zero-order valence-electron chi connectivity index (χ0n) is 17.7. The van der Waals surface area contributed by atoms with E-state index in [-0.39, 0.29) is 12.5 Å². The van der Waals surface area contributed by atoms with Crippen LogP contribution in [0.3, 0.4) is 0 Å². The molecule has 4 rings (SSSR count). The molecule has 4 aromatic rings. The number of anilines is 1. The fourth-order valence-corrected chi connectivity index (χ4v) is 3.70. The van der Waals surface area contributed by atoms with Crippen LogP contribution in [0.2, 0.25) is 10.0 Å². The van der Waals surface area contributed by atoms with E-state index in [1.165, 1.54) is 5.56 Å². The maximum absolute atomic E-state index is 12.2. The Morgan fingerprint density at radius 2 is 1.88 bits per heavy atom. The standard InChI is InChI=1S/C25H22Cl2N2O3/c1-3-15(2)17-6-10-23-21(12-17)29-25(32-23)16-4-8-19(9-5-16)28-24(30)14-31-22-11-7-18(26)13-20(22)27/h4-13,15H,3,14H2,1-2H3,(H,28,30)/t15-/m0/s1. The van der Waals surface area contributed by atoms with Gasteiger partial charge in [0.15, 0.2) is 12.2 Å². The van der Waals surface area contributed by atoms with E-state index >= 15 is 0 Å². The average molecular weight is 469 g/mol. The van der Waals surface area contributed by atoms with E-state index in [4.69, 9.17) is 32.4 Å². The van der Waals surface area contributed by atoms with Crippen molar-refractivity contribution in [1.29, 1.82) is 0 Å². The molecule has 1 atom stereocenters. The maximum atomic E-state index is 12.2. The lowest BCUT2D eigenvalue weighted by molar-refractivity contribution is -0.118. The zero-order valence-corrected chi connectivity index (χ0v) is 19.2. The third-order valence-electron chi connectivity index (χ3n) is 5.26. The number of nitrogens with zero attached hydrogens (tertiary/aromatic N) is 1. The topological polar surface area (TPSA) is 64.4 Å². The van der Waals surface area contributed by atoms with Gasteiger partial charge >= 0.3 is 0 Å². The second-order valence-corrected chi connectivity index (χ2v) is 8.39. The highest BCUT2D eigenvalue weighted by Crippen LogP contribution is 2.29. The van der Waals surface area contributed by atoms with Gasteiger partial charge in [0.1, 0.15) is 11.3 Å². The summed E-state index contributed by atoms with van der Waals surface area (Å²) < 4.78 is 11.4. The van der Waals surface area contributed by atoms with Gasteiger partial charge in [-0.15, -0.1) is 0 Å². The third kappa shape index (κ3) is 5.06. The van der Waals surface area contributed by atoms with Crippen LogP contribution >= 0.6 is 23.2 Å². The number of carbonyl (C=O) groups excluding carboxylic acids is 1. The van der Waals surface area contributed by atoms with Gasteiger partial charge in [-0.25, -0.2) is 4.98 Å². The number of benzene rings is 3. The molecule has 3 aromatic carbocycles. The summed E-state index contributed by atoms with van der Waals surface area (Å²) in [6.07, 6.45) is 1.07. The molecule has 0 aliphatic heterocycles. The van der Waals surface area contributed by atoms with E-state index in [2.05, 4.69) is 36.3 Å². The van der Waals surface area contributed by atoms with Crippen molar-refractivity contribution in [2.24, 2.45) is 0 Å². The monoisotopic (exact) mass is 468 g/mol. The Morgan fingerprint density at radius 3 is 2.59 bits per heavy atom. The molecule has 0 aliphatic carbocycles. The molecule has 5 nitrogen and oxygen atoms in total. The molecular formula is C25H22Cl2N2O3. The number of ether oxygens (including phenoxy) is 1. The molecule has 1 heterocycles. The molecule has 0 aliphatic rings. The summed E-state index contributed by atoms with van der Waals surface area (Å²) in [6, 6.07) is 18.3. The van der Waals surface area contributed by atoms with Gasteiger partial charge in [-0.2, -0.15) is 0 Å². The molecule has 32 heavy (non-hydrogen) atoms. The summed E-state index contributed by atoms with van der Waals surface area (Å²) in [6.45, 7) is 4.19. The minimum Gasteiger partial charge on any atom is -0.482 e. The number of oxazole rings is 1. The second kappa shape index (κ2) is 9.63. The lowest BCUT2D eigenvalue weighted by atomic mass is 9.98. The van der Waals surface area contributed by atoms with Crippen LogP contribution in [0.1, 0.15) is 31.7 Å². The number of hydrogen-bond donors (Lipinski definition) is 1. The predicted octanol–water partition coefficient (Wildman–Crippen LogP) is 7.33. The number of halogens is 2. The number of amides is 1. The van der Waals surface area contributed by atoms with Crippen LogP contribution < -0.4 is 10.1 Å². The molecule has 0 radical (unpaired) electrons. The van der Waals surface area contributed by atoms with E-state index in [1.54, 1.807) is 30.3 Å². The van der Waals surface area contributed by atoms with E-state index in [1.807, 2.05) is 18.2 Å². The number of carbonyl (C=O) groups is 1. The van der Waals surface area contributed by atoms with Gasteiger partial charge in [0.05, 0.1) is 5.02 Å². The van der Waals surface area contributed by atoms with Crippen molar-refractivity contribution >= 4 is 45.9 Å². The Morgan fingerprint density at radius 1 is 1.09 bits per heavy atom. The molecule has 0 fully saturated rings. The van der Waals surface area contributed by atoms with Crippen molar-refractivity contribution in [2.75, 3.05) is 11.9 Å². The van der Waals surface area contributed by atoms with Crippen molar-refractivity contribution < 1.29 is 13.9 Å². The highest BCUT2D eigenvalue weighted by molar-refractivity contribution is 6.35. The predicted molar refractivity (Wildman–Crippen MR) is 129 cm³/mol. The van der Waals surface area contributed by atoms with Crippen LogP contribution in [-0.2, 0) is 4.79 Å². The molecule has 0 spiro atoms. The number of aromatic nitrogens is 1. The van der Waals surface area contributed by atoms with Gasteiger partial charge in [-0.1, -0.05) is 43.1 Å². The van der Waals surface area contributed by atoms with Gasteiger partial charge in [0.2, 0.25) is 5.89 Å². The molecule has 1 aromatic heterocycles. The van der Waals surface area contributed by atoms with Gasteiger partial charge in [-0.05, 0) is 72.5 Å². The van der Waals surface area contributed by atoms with Crippen molar-refractivity contribution in [3.63, 3.8) is 0 Å². The second-order valence-electron chi connectivity index (χ2n) is 7.54. The van der Waals surface area contributed by atoms with Crippen LogP contribution in [0.25, 0.3) is 22.6 Å². The molecule has 0 bridgehead atoms. The lowest BCUT2D eigenvalue weighted by Crippen LogP contribution is -2.20. The van der Waals surface area contributed by atoms with Gasteiger partial charge in [0.25, 0.3) is 5.91 Å². The van der Waals surface area contributed by atoms with E-state index < -0.39 is 0 Å². The Balaban J connectivity index is 1.41. The van der Waals surface area contributed by atoms with Crippen LogP contribution in [0, 0.1) is 0 Å². The van der Waals surface area contributed by atoms with E-state index in [9.17, 15) is 4.79 Å². The molecule has 164 valence electrons. The molecule has 1 amide bonds. The number of hydrogen-bond acceptors (Lipinski definition) is 4. The molecular weight excluding hydrogens is 447 g/mol. The van der Waals surface area contributed by atoms with Crippen molar-refractivity contribution in [1.82, 2.24) is 4.98 Å². The summed E-state index contributed by atoms with van der Waals surface area (Å²) in [4.78, 5) is 16.8. The van der Waals surface area contributed by atoms with Crippen molar-refractivity contribution in [3.8, 4) is 17.2 Å². The Labute approximate surface area is 196 Å².